The molecule has 0 radical (unpaired) electrons. The third-order valence-electron chi connectivity index (χ3n) is 6.99. The average molecular weight is 582 g/mol. The highest BCUT2D eigenvalue weighted by Crippen LogP contribution is 2.40. The fourth-order valence-electron chi connectivity index (χ4n) is 4.67. The zero-order valence-corrected chi connectivity index (χ0v) is 24.4. The molecule has 1 heterocycles. The van der Waals surface area contributed by atoms with Gasteiger partial charge >= 0.3 is 12.1 Å². The quantitative estimate of drug-likeness (QED) is 0.138. The molecule has 0 aliphatic carbocycles. The van der Waals surface area contributed by atoms with Crippen LogP contribution in [0.4, 0.5) is 13.2 Å². The van der Waals surface area contributed by atoms with E-state index < -0.39 is 29.1 Å². The summed E-state index contributed by atoms with van der Waals surface area (Å²) in [5, 5.41) is -0.111. The molecule has 0 amide bonds. The third-order valence-corrected chi connectivity index (χ3v) is 6.99. The summed E-state index contributed by atoms with van der Waals surface area (Å²) >= 11 is 0. The number of nitrogens with zero attached hydrogens (tertiary/aromatic N) is 1. The van der Waals surface area contributed by atoms with Crippen molar-refractivity contribution in [2.75, 3.05) is 13.1 Å². The van der Waals surface area contributed by atoms with E-state index in [-0.39, 0.29) is 40.1 Å². The molecule has 0 saturated carbocycles. The number of alkyl halides is 3. The summed E-state index contributed by atoms with van der Waals surface area (Å²) in [6, 6.07) is 14.2. The van der Waals surface area contributed by atoms with Crippen molar-refractivity contribution in [2.24, 2.45) is 0 Å². The van der Waals surface area contributed by atoms with Gasteiger partial charge in [0.25, 0.3) is 5.76 Å². The Labute approximate surface area is 242 Å². The van der Waals surface area contributed by atoms with E-state index in [4.69, 9.17) is 13.9 Å². The van der Waals surface area contributed by atoms with Gasteiger partial charge in [-0.25, -0.2) is 4.79 Å². The van der Waals surface area contributed by atoms with Crippen LogP contribution < -0.4 is 14.9 Å². The Bertz CT molecular complexity index is 1640. The number of esters is 1. The zero-order valence-electron chi connectivity index (χ0n) is 24.4. The fraction of sp³-hybridized carbons (Fsp3) is 0.333. The minimum Gasteiger partial charge on any atom is -0.449 e. The molecule has 0 saturated heterocycles. The van der Waals surface area contributed by atoms with Gasteiger partial charge in [0.15, 0.2) is 0 Å². The van der Waals surface area contributed by atoms with Gasteiger partial charge in [-0.3, -0.25) is 9.69 Å². The van der Waals surface area contributed by atoms with Gasteiger partial charge in [-0.1, -0.05) is 37.6 Å². The van der Waals surface area contributed by atoms with Crippen molar-refractivity contribution >= 4 is 16.9 Å². The Morgan fingerprint density at radius 1 is 0.905 bits per heavy atom. The lowest BCUT2D eigenvalue weighted by molar-refractivity contribution is -0.154. The van der Waals surface area contributed by atoms with Crippen LogP contribution in [0.3, 0.4) is 0 Å². The topological polar surface area (TPSA) is 69.0 Å². The molecule has 0 unspecified atom stereocenters. The van der Waals surface area contributed by atoms with Crippen LogP contribution in [0.25, 0.3) is 11.0 Å². The van der Waals surface area contributed by atoms with E-state index in [1.165, 1.54) is 18.2 Å². The lowest BCUT2D eigenvalue weighted by atomic mass is 10.1. The van der Waals surface area contributed by atoms with Crippen molar-refractivity contribution in [3.05, 3.63) is 98.4 Å². The van der Waals surface area contributed by atoms with Crippen molar-refractivity contribution in [2.45, 2.75) is 60.2 Å². The normalized spacial score (nSPS) is 11.7. The SMILES string of the molecule is CCCN(CCC)Cc1c(OC(=O)c2ccc(C)cc2)ccc2c(=O)c(Oc3ccc(C)c(C)c3)c(C(F)(F)F)oc12. The largest absolute Gasteiger partial charge is 0.453 e. The van der Waals surface area contributed by atoms with Gasteiger partial charge in [-0.05, 0) is 94.2 Å². The van der Waals surface area contributed by atoms with Gasteiger partial charge in [0.2, 0.25) is 11.2 Å². The van der Waals surface area contributed by atoms with Crippen LogP contribution >= 0.6 is 0 Å². The number of halogens is 3. The zero-order chi connectivity index (χ0) is 30.6. The highest BCUT2D eigenvalue weighted by atomic mass is 19.4. The fourth-order valence-corrected chi connectivity index (χ4v) is 4.67. The van der Waals surface area contributed by atoms with Gasteiger partial charge in [-0.15, -0.1) is 0 Å². The molecule has 0 atom stereocenters. The Kier molecular flexibility index (Phi) is 9.41. The molecule has 0 aliphatic heterocycles. The molecular weight excluding hydrogens is 547 g/mol. The molecule has 4 aromatic rings. The molecule has 0 bridgehead atoms. The summed E-state index contributed by atoms with van der Waals surface area (Å²) < 4.78 is 60.0. The summed E-state index contributed by atoms with van der Waals surface area (Å²) in [4.78, 5) is 28.7. The second kappa shape index (κ2) is 12.8. The molecule has 0 N–H and O–H groups in total. The summed E-state index contributed by atoms with van der Waals surface area (Å²) in [6.45, 7) is 10.9. The van der Waals surface area contributed by atoms with E-state index in [1.807, 2.05) is 32.6 Å². The van der Waals surface area contributed by atoms with E-state index in [2.05, 4.69) is 0 Å². The lowest BCUT2D eigenvalue weighted by Gasteiger charge is -2.23. The minimum absolute atomic E-state index is 0.0179. The van der Waals surface area contributed by atoms with Gasteiger partial charge in [0.05, 0.1) is 16.5 Å². The van der Waals surface area contributed by atoms with Gasteiger partial charge < -0.3 is 13.9 Å². The summed E-state index contributed by atoms with van der Waals surface area (Å²) in [5.41, 5.74) is 1.84. The summed E-state index contributed by atoms with van der Waals surface area (Å²) in [6.07, 6.45) is -3.47. The first-order chi connectivity index (χ1) is 19.9. The summed E-state index contributed by atoms with van der Waals surface area (Å²) in [7, 11) is 0. The van der Waals surface area contributed by atoms with E-state index in [1.54, 1.807) is 43.3 Å². The number of carbonyl (C=O) groups excluding carboxylic acids is 1. The van der Waals surface area contributed by atoms with Crippen LogP contribution in [-0.2, 0) is 12.7 Å². The van der Waals surface area contributed by atoms with Crippen LogP contribution in [0.2, 0.25) is 0 Å². The van der Waals surface area contributed by atoms with E-state index in [9.17, 15) is 22.8 Å². The number of aryl methyl sites for hydroxylation is 3. The van der Waals surface area contributed by atoms with Gasteiger partial charge in [-0.2, -0.15) is 13.2 Å². The minimum atomic E-state index is -5.04. The smallest absolute Gasteiger partial charge is 0.449 e. The van der Waals surface area contributed by atoms with Crippen LogP contribution in [-0.4, -0.2) is 24.0 Å². The Morgan fingerprint density at radius 2 is 1.57 bits per heavy atom. The standard InChI is InChI=1S/C33H34F3NO5/c1-6-16-37(17-7-2)19-26-27(41-32(39)23-11-8-20(3)9-12-23)15-14-25-28(38)30(31(33(34,35)36)42-29(25)26)40-24-13-10-21(4)22(5)18-24/h8-15,18H,6-7,16-17,19H2,1-5H3. The van der Waals surface area contributed by atoms with Crippen molar-refractivity contribution < 1.29 is 31.9 Å². The molecule has 0 aliphatic rings. The maximum atomic E-state index is 14.4. The first-order valence-electron chi connectivity index (χ1n) is 13.9. The third kappa shape index (κ3) is 6.85. The predicted octanol–water partition coefficient (Wildman–Crippen LogP) is 8.37. The first kappa shape index (κ1) is 30.8. The molecule has 0 spiro atoms. The molecule has 42 heavy (non-hydrogen) atoms. The van der Waals surface area contributed by atoms with E-state index in [0.717, 1.165) is 29.5 Å². The Balaban J connectivity index is 1.91. The Hall–Kier alpha value is -4.11. The predicted molar refractivity (Wildman–Crippen MR) is 155 cm³/mol. The molecule has 9 heteroatoms. The molecular formula is C33H34F3NO5. The maximum absolute atomic E-state index is 14.4. The van der Waals surface area contributed by atoms with Crippen LogP contribution in [0.15, 0.2) is 63.8 Å². The highest BCUT2D eigenvalue weighted by Gasteiger charge is 2.41. The average Bonchev–Trinajstić information content (AvgIpc) is 2.93. The second-order valence-electron chi connectivity index (χ2n) is 10.4. The number of rotatable bonds is 10. The highest BCUT2D eigenvalue weighted by molar-refractivity contribution is 5.92. The summed E-state index contributed by atoms with van der Waals surface area (Å²) in [5.74, 6) is -3.09. The number of ether oxygens (including phenoxy) is 2. The molecule has 6 nitrogen and oxygen atoms in total. The van der Waals surface area contributed by atoms with Crippen LogP contribution in [0.1, 0.15) is 65.1 Å². The van der Waals surface area contributed by atoms with Crippen molar-refractivity contribution in [3.8, 4) is 17.2 Å². The molecule has 3 aromatic carbocycles. The molecule has 0 fully saturated rings. The lowest BCUT2D eigenvalue weighted by Crippen LogP contribution is -2.26. The Morgan fingerprint density at radius 3 is 2.17 bits per heavy atom. The monoisotopic (exact) mass is 581 g/mol. The maximum Gasteiger partial charge on any atom is 0.453 e. The van der Waals surface area contributed by atoms with Crippen LogP contribution in [0, 0.1) is 20.8 Å². The number of hydrogen-bond acceptors (Lipinski definition) is 6. The first-order valence-corrected chi connectivity index (χ1v) is 13.9. The van der Waals surface area contributed by atoms with Crippen molar-refractivity contribution in [3.63, 3.8) is 0 Å². The number of hydrogen-bond donors (Lipinski definition) is 0. The van der Waals surface area contributed by atoms with Gasteiger partial charge in [0.1, 0.15) is 17.1 Å². The van der Waals surface area contributed by atoms with Gasteiger partial charge in [0, 0.05) is 6.54 Å². The number of carbonyl (C=O) groups is 1. The number of benzene rings is 3. The van der Waals surface area contributed by atoms with Crippen molar-refractivity contribution in [1.29, 1.82) is 0 Å². The molecule has 1 aromatic heterocycles. The molecule has 222 valence electrons. The van der Waals surface area contributed by atoms with E-state index >= 15 is 0 Å². The number of fused-ring (bicyclic) bond motifs is 1. The van der Waals surface area contributed by atoms with Crippen molar-refractivity contribution in [1.82, 2.24) is 4.90 Å². The van der Waals surface area contributed by atoms with Crippen LogP contribution in [0.5, 0.6) is 17.2 Å². The van der Waals surface area contributed by atoms with E-state index in [0.29, 0.717) is 13.1 Å². The molecule has 4 rings (SSSR count). The second-order valence-corrected chi connectivity index (χ2v) is 10.4.